The summed E-state index contributed by atoms with van der Waals surface area (Å²) < 4.78 is 26.9. The lowest BCUT2D eigenvalue weighted by molar-refractivity contribution is -0.385. The molecule has 1 aromatic rings. The highest BCUT2D eigenvalue weighted by atomic mass is 32.2. The largest absolute Gasteiger partial charge is 0.398 e. The lowest BCUT2D eigenvalue weighted by atomic mass is 10.1. The van der Waals surface area contributed by atoms with Crippen LogP contribution >= 0.6 is 0 Å². The van der Waals surface area contributed by atoms with Crippen LogP contribution in [0.4, 0.5) is 11.4 Å². The van der Waals surface area contributed by atoms with Crippen molar-refractivity contribution in [2.75, 3.05) is 5.73 Å². The fourth-order valence-corrected chi connectivity index (χ4v) is 3.36. The minimum atomic E-state index is -3.87. The molecular weight excluding hydrogens is 282 g/mol. The molecule has 3 N–H and O–H groups in total. The minimum Gasteiger partial charge on any atom is -0.398 e. The summed E-state index contributed by atoms with van der Waals surface area (Å²) in [6.07, 6.45) is 0.661. The second-order valence-electron chi connectivity index (χ2n) is 5.13. The average Bonchev–Trinajstić information content (AvgIpc) is 2.26. The molecule has 0 aliphatic carbocycles. The van der Waals surface area contributed by atoms with Crippen LogP contribution < -0.4 is 10.5 Å². The van der Waals surface area contributed by atoms with Gasteiger partial charge in [-0.05, 0) is 25.3 Å². The number of rotatable bonds is 6. The molecule has 1 rings (SSSR count). The lowest BCUT2D eigenvalue weighted by Crippen LogP contribution is -2.34. The summed E-state index contributed by atoms with van der Waals surface area (Å²) in [5, 5.41) is 10.7. The van der Waals surface area contributed by atoms with Gasteiger partial charge in [-0.2, -0.15) is 0 Å². The second-order valence-corrected chi connectivity index (χ2v) is 6.81. The molecule has 0 radical (unpaired) electrons. The molecular formula is C12H19N3O4S. The summed E-state index contributed by atoms with van der Waals surface area (Å²) in [6, 6.07) is 3.09. The number of nitro benzene ring substituents is 1. The summed E-state index contributed by atoms with van der Waals surface area (Å²) in [4.78, 5) is 9.79. The summed E-state index contributed by atoms with van der Waals surface area (Å²) in [5.74, 6) is 0.329. The first-order valence-electron chi connectivity index (χ1n) is 6.19. The van der Waals surface area contributed by atoms with Crippen LogP contribution in [0.15, 0.2) is 23.1 Å². The lowest BCUT2D eigenvalue weighted by Gasteiger charge is -2.16. The predicted octanol–water partition coefficient (Wildman–Crippen LogP) is 1.89. The Kier molecular flexibility index (Phi) is 5.07. The van der Waals surface area contributed by atoms with E-state index < -0.39 is 14.9 Å². The zero-order valence-corrected chi connectivity index (χ0v) is 12.5. The molecule has 0 saturated heterocycles. The van der Waals surface area contributed by atoms with Crippen LogP contribution in [0.5, 0.6) is 0 Å². The van der Waals surface area contributed by atoms with E-state index >= 15 is 0 Å². The molecule has 0 heterocycles. The van der Waals surface area contributed by atoms with E-state index in [-0.39, 0.29) is 22.3 Å². The Balaban J connectivity index is 3.09. The number of nitro groups is 1. The second kappa shape index (κ2) is 6.19. The molecule has 1 atom stereocenters. The minimum absolute atomic E-state index is 0.0140. The maximum atomic E-state index is 12.2. The summed E-state index contributed by atoms with van der Waals surface area (Å²) in [6.45, 7) is 5.70. The molecule has 0 aromatic heterocycles. The molecule has 0 saturated carbocycles. The summed E-state index contributed by atoms with van der Waals surface area (Å²) in [5.41, 5.74) is 5.29. The van der Waals surface area contributed by atoms with Crippen LogP contribution in [0.1, 0.15) is 27.2 Å². The zero-order chi connectivity index (χ0) is 15.5. The Morgan fingerprint density at radius 3 is 2.45 bits per heavy atom. The van der Waals surface area contributed by atoms with Crippen LogP contribution in [-0.4, -0.2) is 19.4 Å². The van der Waals surface area contributed by atoms with Crippen LogP contribution in [0.2, 0.25) is 0 Å². The van der Waals surface area contributed by atoms with Gasteiger partial charge >= 0.3 is 0 Å². The first kappa shape index (κ1) is 16.4. The number of nitrogens with one attached hydrogen (secondary N) is 1. The number of nitrogens with two attached hydrogens (primary N) is 1. The summed E-state index contributed by atoms with van der Waals surface area (Å²) in [7, 11) is -3.87. The number of hydrogen-bond acceptors (Lipinski definition) is 5. The Bertz CT molecular complexity index is 599. The number of anilines is 1. The number of non-ortho nitro benzene ring substituents is 1. The first-order chi connectivity index (χ1) is 9.13. The molecule has 0 spiro atoms. The van der Waals surface area contributed by atoms with Gasteiger partial charge in [-0.3, -0.25) is 10.1 Å². The number of nitrogen functional groups attached to an aromatic ring is 1. The van der Waals surface area contributed by atoms with Crippen molar-refractivity contribution in [2.24, 2.45) is 5.92 Å². The van der Waals surface area contributed by atoms with E-state index in [9.17, 15) is 18.5 Å². The van der Waals surface area contributed by atoms with E-state index in [2.05, 4.69) is 4.72 Å². The average molecular weight is 301 g/mol. The molecule has 8 heteroatoms. The standard InChI is InChI=1S/C12H19N3O4S/c1-8(2)6-9(3)14-20(18,19)12-7-10(15(16)17)4-5-11(12)13/h4-5,7-9,14H,6,13H2,1-3H3. The van der Waals surface area contributed by atoms with Crippen molar-refractivity contribution in [3.05, 3.63) is 28.3 Å². The smallest absolute Gasteiger partial charge is 0.270 e. The highest BCUT2D eigenvalue weighted by Gasteiger charge is 2.23. The molecule has 7 nitrogen and oxygen atoms in total. The third-order valence-electron chi connectivity index (χ3n) is 2.68. The number of benzene rings is 1. The Labute approximate surface area is 118 Å². The SMILES string of the molecule is CC(C)CC(C)NS(=O)(=O)c1cc([N+](=O)[O-])ccc1N. The predicted molar refractivity (Wildman–Crippen MR) is 76.7 cm³/mol. The highest BCUT2D eigenvalue weighted by Crippen LogP contribution is 2.24. The van der Waals surface area contributed by atoms with Gasteiger partial charge in [0.15, 0.2) is 0 Å². The molecule has 0 amide bonds. The molecule has 1 aromatic carbocycles. The van der Waals surface area contributed by atoms with E-state index in [1.165, 1.54) is 12.1 Å². The van der Waals surface area contributed by atoms with E-state index in [1.54, 1.807) is 6.92 Å². The number of hydrogen-bond donors (Lipinski definition) is 2. The maximum Gasteiger partial charge on any atom is 0.270 e. The van der Waals surface area contributed by atoms with Crippen molar-refractivity contribution in [1.29, 1.82) is 0 Å². The van der Waals surface area contributed by atoms with Gasteiger partial charge in [0.2, 0.25) is 10.0 Å². The van der Waals surface area contributed by atoms with Gasteiger partial charge in [-0.1, -0.05) is 13.8 Å². The fourth-order valence-electron chi connectivity index (χ4n) is 1.95. The van der Waals surface area contributed by atoms with Crippen LogP contribution in [0.25, 0.3) is 0 Å². The molecule has 20 heavy (non-hydrogen) atoms. The van der Waals surface area contributed by atoms with Crippen molar-refractivity contribution in [1.82, 2.24) is 4.72 Å². The van der Waals surface area contributed by atoms with Crippen molar-refractivity contribution in [2.45, 2.75) is 38.1 Å². The van der Waals surface area contributed by atoms with Crippen molar-refractivity contribution < 1.29 is 13.3 Å². The van der Waals surface area contributed by atoms with Gasteiger partial charge < -0.3 is 5.73 Å². The summed E-state index contributed by atoms with van der Waals surface area (Å²) >= 11 is 0. The number of nitrogens with zero attached hydrogens (tertiary/aromatic N) is 1. The molecule has 0 fully saturated rings. The monoisotopic (exact) mass is 301 g/mol. The normalized spacial score (nSPS) is 13.4. The van der Waals surface area contributed by atoms with Gasteiger partial charge in [0.05, 0.1) is 10.6 Å². The Morgan fingerprint density at radius 1 is 1.35 bits per heavy atom. The van der Waals surface area contributed by atoms with Gasteiger partial charge in [-0.15, -0.1) is 0 Å². The molecule has 0 bridgehead atoms. The topological polar surface area (TPSA) is 115 Å². The fraction of sp³-hybridized carbons (Fsp3) is 0.500. The molecule has 0 aliphatic rings. The van der Waals surface area contributed by atoms with Gasteiger partial charge in [0.1, 0.15) is 4.90 Å². The van der Waals surface area contributed by atoms with E-state index in [0.717, 1.165) is 6.07 Å². The van der Waals surface area contributed by atoms with E-state index in [4.69, 9.17) is 5.73 Å². The maximum absolute atomic E-state index is 12.2. The van der Waals surface area contributed by atoms with Gasteiger partial charge in [0, 0.05) is 18.2 Å². The molecule has 1 unspecified atom stereocenters. The highest BCUT2D eigenvalue weighted by molar-refractivity contribution is 7.89. The Morgan fingerprint density at radius 2 is 1.95 bits per heavy atom. The molecule has 0 aliphatic heterocycles. The quantitative estimate of drug-likeness (QED) is 0.473. The van der Waals surface area contributed by atoms with E-state index in [0.29, 0.717) is 12.3 Å². The van der Waals surface area contributed by atoms with Gasteiger partial charge in [-0.25, -0.2) is 13.1 Å². The van der Waals surface area contributed by atoms with Crippen LogP contribution in [-0.2, 0) is 10.0 Å². The Hall–Kier alpha value is -1.67. The van der Waals surface area contributed by atoms with Crippen molar-refractivity contribution >= 4 is 21.4 Å². The zero-order valence-electron chi connectivity index (χ0n) is 11.7. The number of sulfonamides is 1. The van der Waals surface area contributed by atoms with Gasteiger partial charge in [0.25, 0.3) is 5.69 Å². The van der Waals surface area contributed by atoms with E-state index in [1.807, 2.05) is 13.8 Å². The van der Waals surface area contributed by atoms with Crippen molar-refractivity contribution in [3.8, 4) is 0 Å². The molecule has 112 valence electrons. The van der Waals surface area contributed by atoms with Crippen molar-refractivity contribution in [3.63, 3.8) is 0 Å². The third-order valence-corrected chi connectivity index (χ3v) is 4.32. The third kappa shape index (κ3) is 4.17. The van der Waals surface area contributed by atoms with Crippen LogP contribution in [0.3, 0.4) is 0 Å². The first-order valence-corrected chi connectivity index (χ1v) is 7.68. The van der Waals surface area contributed by atoms with Crippen LogP contribution in [0, 0.1) is 16.0 Å².